The lowest BCUT2D eigenvalue weighted by Gasteiger charge is -2.44. The SMILES string of the molecule is CCOc1ccccc1OCC1(O)CC[N+](C)(Cc2ccccc2)CC1. The Morgan fingerprint density at radius 1 is 0.923 bits per heavy atom. The fourth-order valence-corrected chi connectivity index (χ4v) is 3.58. The van der Waals surface area contributed by atoms with Crippen LogP contribution in [0, 0.1) is 0 Å². The molecule has 1 saturated heterocycles. The van der Waals surface area contributed by atoms with E-state index in [4.69, 9.17) is 9.47 Å². The van der Waals surface area contributed by atoms with E-state index in [1.165, 1.54) is 5.56 Å². The number of hydrogen-bond donors (Lipinski definition) is 1. The molecule has 0 bridgehead atoms. The van der Waals surface area contributed by atoms with Crippen molar-refractivity contribution in [2.75, 3.05) is 33.4 Å². The average Bonchev–Trinajstić information content (AvgIpc) is 2.65. The monoisotopic (exact) mass is 356 g/mol. The van der Waals surface area contributed by atoms with Crippen molar-refractivity contribution in [2.45, 2.75) is 31.9 Å². The molecule has 3 rings (SSSR count). The molecule has 2 aromatic rings. The van der Waals surface area contributed by atoms with Crippen molar-refractivity contribution in [3.63, 3.8) is 0 Å². The minimum absolute atomic E-state index is 0.308. The average molecular weight is 356 g/mol. The van der Waals surface area contributed by atoms with Gasteiger partial charge < -0.3 is 19.1 Å². The zero-order chi connectivity index (χ0) is 18.5. The summed E-state index contributed by atoms with van der Waals surface area (Å²) < 4.78 is 12.5. The normalized spacial score (nSPS) is 25.7. The van der Waals surface area contributed by atoms with Gasteiger partial charge in [0.2, 0.25) is 0 Å². The molecule has 1 aliphatic heterocycles. The van der Waals surface area contributed by atoms with Gasteiger partial charge in [-0.2, -0.15) is 0 Å². The minimum atomic E-state index is -0.770. The van der Waals surface area contributed by atoms with Crippen molar-refractivity contribution in [1.29, 1.82) is 0 Å². The van der Waals surface area contributed by atoms with Gasteiger partial charge >= 0.3 is 0 Å². The van der Waals surface area contributed by atoms with Gasteiger partial charge in [0.25, 0.3) is 0 Å². The number of ether oxygens (including phenoxy) is 2. The Balaban J connectivity index is 1.56. The molecule has 1 N–H and O–H groups in total. The van der Waals surface area contributed by atoms with Crippen LogP contribution in [0.3, 0.4) is 0 Å². The standard InChI is InChI=1S/C22H30NO3/c1-3-25-20-11-7-8-12-21(20)26-18-22(24)13-15-23(2,16-14-22)17-19-9-5-4-6-10-19/h4-12,24H,3,13-18H2,1-2H3/q+1. The van der Waals surface area contributed by atoms with E-state index in [0.29, 0.717) is 19.0 Å². The number of hydrogen-bond acceptors (Lipinski definition) is 3. The van der Waals surface area contributed by atoms with E-state index in [1.807, 2.05) is 31.2 Å². The molecule has 0 spiro atoms. The fraction of sp³-hybridized carbons (Fsp3) is 0.455. The molecule has 0 amide bonds. The van der Waals surface area contributed by atoms with Crippen molar-refractivity contribution < 1.29 is 19.1 Å². The Labute approximate surface area is 156 Å². The first kappa shape index (κ1) is 18.7. The zero-order valence-electron chi connectivity index (χ0n) is 15.9. The molecule has 1 heterocycles. The molecule has 0 saturated carbocycles. The molecule has 26 heavy (non-hydrogen) atoms. The number of quaternary nitrogens is 1. The minimum Gasteiger partial charge on any atom is -0.490 e. The number of likely N-dealkylation sites (tertiary alicyclic amines) is 1. The second kappa shape index (κ2) is 8.11. The number of nitrogens with zero attached hydrogens (tertiary/aromatic N) is 1. The number of aliphatic hydroxyl groups is 1. The van der Waals surface area contributed by atoms with Crippen LogP contribution in [0.5, 0.6) is 11.5 Å². The van der Waals surface area contributed by atoms with Crippen LogP contribution in [0.2, 0.25) is 0 Å². The van der Waals surface area contributed by atoms with E-state index >= 15 is 0 Å². The van der Waals surface area contributed by atoms with Crippen molar-refractivity contribution in [1.82, 2.24) is 0 Å². The lowest BCUT2D eigenvalue weighted by atomic mass is 9.90. The van der Waals surface area contributed by atoms with Crippen LogP contribution < -0.4 is 9.47 Å². The third-order valence-corrected chi connectivity index (χ3v) is 5.29. The highest BCUT2D eigenvalue weighted by atomic mass is 16.5. The number of rotatable bonds is 7. The van der Waals surface area contributed by atoms with Gasteiger partial charge in [-0.3, -0.25) is 0 Å². The van der Waals surface area contributed by atoms with Gasteiger partial charge in [-0.15, -0.1) is 0 Å². The van der Waals surface area contributed by atoms with Crippen molar-refractivity contribution >= 4 is 0 Å². The molecule has 0 radical (unpaired) electrons. The van der Waals surface area contributed by atoms with Crippen molar-refractivity contribution in [3.05, 3.63) is 60.2 Å². The van der Waals surface area contributed by atoms with E-state index < -0.39 is 5.60 Å². The summed E-state index contributed by atoms with van der Waals surface area (Å²) in [6.45, 7) is 5.76. The summed E-state index contributed by atoms with van der Waals surface area (Å²) in [6.07, 6.45) is 1.49. The first-order valence-corrected chi connectivity index (χ1v) is 9.46. The molecule has 4 heteroatoms. The molecule has 1 aliphatic rings. The van der Waals surface area contributed by atoms with Gasteiger partial charge in [-0.25, -0.2) is 0 Å². The molecule has 2 aromatic carbocycles. The highest BCUT2D eigenvalue weighted by Gasteiger charge is 2.40. The van der Waals surface area contributed by atoms with Gasteiger partial charge in [0.15, 0.2) is 11.5 Å². The maximum Gasteiger partial charge on any atom is 0.161 e. The van der Waals surface area contributed by atoms with Gasteiger partial charge in [-0.05, 0) is 19.1 Å². The Hall–Kier alpha value is -2.04. The van der Waals surface area contributed by atoms with Crippen LogP contribution in [-0.2, 0) is 6.54 Å². The van der Waals surface area contributed by atoms with E-state index in [0.717, 1.165) is 42.7 Å². The van der Waals surface area contributed by atoms with Crippen LogP contribution in [-0.4, -0.2) is 48.5 Å². The number of benzene rings is 2. The Bertz CT molecular complexity index is 694. The first-order chi connectivity index (χ1) is 12.5. The second-order valence-electron chi connectivity index (χ2n) is 7.60. The third-order valence-electron chi connectivity index (χ3n) is 5.29. The molecule has 0 aliphatic carbocycles. The number of piperidine rings is 1. The summed E-state index contributed by atoms with van der Waals surface area (Å²) in [6, 6.07) is 18.2. The number of para-hydroxylation sites is 2. The summed E-state index contributed by atoms with van der Waals surface area (Å²) in [4.78, 5) is 0. The van der Waals surface area contributed by atoms with E-state index in [-0.39, 0.29) is 0 Å². The molecular weight excluding hydrogens is 326 g/mol. The molecular formula is C22H30NO3+. The van der Waals surface area contributed by atoms with Gasteiger partial charge in [0, 0.05) is 18.4 Å². The summed E-state index contributed by atoms with van der Waals surface area (Å²) >= 11 is 0. The maximum absolute atomic E-state index is 11.0. The Morgan fingerprint density at radius 2 is 1.50 bits per heavy atom. The zero-order valence-corrected chi connectivity index (χ0v) is 15.9. The third kappa shape index (κ3) is 4.77. The topological polar surface area (TPSA) is 38.7 Å². The van der Waals surface area contributed by atoms with Crippen molar-refractivity contribution in [2.24, 2.45) is 0 Å². The quantitative estimate of drug-likeness (QED) is 0.770. The second-order valence-corrected chi connectivity index (χ2v) is 7.60. The van der Waals surface area contributed by atoms with Crippen LogP contribution in [0.15, 0.2) is 54.6 Å². The Morgan fingerprint density at radius 3 is 2.12 bits per heavy atom. The predicted octanol–water partition coefficient (Wildman–Crippen LogP) is 3.64. The molecule has 140 valence electrons. The van der Waals surface area contributed by atoms with Crippen LogP contribution in [0.1, 0.15) is 25.3 Å². The Kier molecular flexibility index (Phi) is 5.84. The summed E-state index contributed by atoms with van der Waals surface area (Å²) in [5, 5.41) is 11.0. The smallest absolute Gasteiger partial charge is 0.161 e. The predicted molar refractivity (Wildman–Crippen MR) is 103 cm³/mol. The lowest BCUT2D eigenvalue weighted by molar-refractivity contribution is -0.929. The highest BCUT2D eigenvalue weighted by molar-refractivity contribution is 5.39. The fourth-order valence-electron chi connectivity index (χ4n) is 3.58. The van der Waals surface area contributed by atoms with Crippen LogP contribution >= 0.6 is 0 Å². The summed E-state index contributed by atoms with van der Waals surface area (Å²) in [5.41, 5.74) is 0.579. The molecule has 1 fully saturated rings. The lowest BCUT2D eigenvalue weighted by Crippen LogP contribution is -2.56. The molecule has 0 atom stereocenters. The van der Waals surface area contributed by atoms with Gasteiger partial charge in [0.1, 0.15) is 18.8 Å². The molecule has 0 aromatic heterocycles. The molecule has 4 nitrogen and oxygen atoms in total. The van der Waals surface area contributed by atoms with Crippen molar-refractivity contribution in [3.8, 4) is 11.5 Å². The van der Waals surface area contributed by atoms with Crippen LogP contribution in [0.4, 0.5) is 0 Å². The van der Waals surface area contributed by atoms with E-state index in [2.05, 4.69) is 37.4 Å². The van der Waals surface area contributed by atoms with Gasteiger partial charge in [0.05, 0.1) is 26.7 Å². The first-order valence-electron chi connectivity index (χ1n) is 9.46. The summed E-state index contributed by atoms with van der Waals surface area (Å²) in [7, 11) is 2.28. The maximum atomic E-state index is 11.0. The van der Waals surface area contributed by atoms with E-state index in [1.54, 1.807) is 0 Å². The van der Waals surface area contributed by atoms with Gasteiger partial charge in [-0.1, -0.05) is 42.5 Å². The molecule has 0 unspecified atom stereocenters. The summed E-state index contributed by atoms with van der Waals surface area (Å²) in [5.74, 6) is 1.44. The highest BCUT2D eigenvalue weighted by Crippen LogP contribution is 2.31. The van der Waals surface area contributed by atoms with E-state index in [9.17, 15) is 5.11 Å². The van der Waals surface area contributed by atoms with Crippen LogP contribution in [0.25, 0.3) is 0 Å². The largest absolute Gasteiger partial charge is 0.490 e.